The molecule has 0 N–H and O–H groups in total. The molecule has 1 saturated heterocycles. The molecule has 0 radical (unpaired) electrons. The van der Waals surface area contributed by atoms with Crippen molar-refractivity contribution in [1.29, 1.82) is 0 Å². The predicted octanol–water partition coefficient (Wildman–Crippen LogP) is 5.23. The lowest BCUT2D eigenvalue weighted by molar-refractivity contribution is -0.113. The van der Waals surface area contributed by atoms with E-state index < -0.39 is 0 Å². The first kappa shape index (κ1) is 15.2. The summed E-state index contributed by atoms with van der Waals surface area (Å²) in [7, 11) is 0. The number of imide groups is 1. The van der Waals surface area contributed by atoms with E-state index >= 15 is 0 Å². The summed E-state index contributed by atoms with van der Waals surface area (Å²) in [6.45, 7) is 0. The van der Waals surface area contributed by atoms with E-state index in [-0.39, 0.29) is 11.1 Å². The largest absolute Gasteiger partial charge is 0.298 e. The van der Waals surface area contributed by atoms with Crippen LogP contribution in [0, 0.1) is 0 Å². The lowest BCUT2D eigenvalue weighted by atomic mass is 10.2. The smallest absolute Gasteiger partial charge is 0.268 e. The van der Waals surface area contributed by atoms with Gasteiger partial charge in [0, 0.05) is 10.0 Å². The molecule has 6 heteroatoms. The normalized spacial score (nSPS) is 16.6. The maximum absolute atomic E-state index is 12.4. The van der Waals surface area contributed by atoms with Crippen LogP contribution in [0.25, 0.3) is 6.08 Å². The van der Waals surface area contributed by atoms with Crippen molar-refractivity contribution in [3.8, 4) is 0 Å². The minimum absolute atomic E-state index is 0.326. The number of para-hydroxylation sites is 1. The Bertz CT molecular complexity index is 790. The quantitative estimate of drug-likeness (QED) is 0.696. The average Bonchev–Trinajstić information content (AvgIpc) is 2.77. The number of nitrogens with zero attached hydrogens (tertiary/aromatic N) is 1. The van der Waals surface area contributed by atoms with Crippen molar-refractivity contribution in [2.45, 2.75) is 0 Å². The van der Waals surface area contributed by atoms with Gasteiger partial charge in [-0.25, -0.2) is 4.90 Å². The molecule has 0 aromatic heterocycles. The number of hydrogen-bond donors (Lipinski definition) is 0. The highest BCUT2D eigenvalue weighted by molar-refractivity contribution is 8.19. The highest BCUT2D eigenvalue weighted by Gasteiger charge is 2.36. The van der Waals surface area contributed by atoms with Crippen molar-refractivity contribution in [1.82, 2.24) is 0 Å². The molecule has 0 saturated carbocycles. The van der Waals surface area contributed by atoms with E-state index in [1.54, 1.807) is 48.5 Å². The van der Waals surface area contributed by atoms with Crippen molar-refractivity contribution in [2.24, 2.45) is 0 Å². The third kappa shape index (κ3) is 2.90. The molecule has 1 aliphatic rings. The molecule has 1 heterocycles. The second-order valence-electron chi connectivity index (χ2n) is 4.52. The van der Waals surface area contributed by atoms with Gasteiger partial charge in [-0.05, 0) is 47.7 Å². The molecule has 2 aromatic carbocycles. The van der Waals surface area contributed by atoms with Crippen molar-refractivity contribution < 1.29 is 9.59 Å². The fourth-order valence-electron chi connectivity index (χ4n) is 2.03. The Morgan fingerprint density at radius 2 is 1.73 bits per heavy atom. The van der Waals surface area contributed by atoms with Gasteiger partial charge in [0.1, 0.15) is 0 Å². The summed E-state index contributed by atoms with van der Waals surface area (Å²) < 4.78 is 0. The number of thioether (sulfide) groups is 1. The molecule has 0 spiro atoms. The topological polar surface area (TPSA) is 37.4 Å². The van der Waals surface area contributed by atoms with Crippen molar-refractivity contribution in [2.75, 3.05) is 4.90 Å². The van der Waals surface area contributed by atoms with E-state index in [0.29, 0.717) is 26.2 Å². The zero-order chi connectivity index (χ0) is 15.7. The Balaban J connectivity index is 1.96. The molecule has 110 valence electrons. The molecule has 1 fully saturated rings. The van der Waals surface area contributed by atoms with Crippen molar-refractivity contribution >= 4 is 57.9 Å². The van der Waals surface area contributed by atoms with E-state index in [1.165, 1.54) is 0 Å². The van der Waals surface area contributed by atoms with Crippen LogP contribution in [0.15, 0.2) is 53.4 Å². The van der Waals surface area contributed by atoms with Crippen LogP contribution in [0.4, 0.5) is 10.5 Å². The van der Waals surface area contributed by atoms with E-state index in [1.807, 2.05) is 6.07 Å². The van der Waals surface area contributed by atoms with Crippen LogP contribution in [0.3, 0.4) is 0 Å². The SMILES string of the molecule is O=C1SC(=Cc2ccc(Cl)cc2Cl)C(=O)N1c1ccccc1. The number of hydrogen-bond acceptors (Lipinski definition) is 3. The van der Waals surface area contributed by atoms with Gasteiger partial charge in [0.25, 0.3) is 11.1 Å². The Kier molecular flexibility index (Phi) is 4.25. The van der Waals surface area contributed by atoms with Gasteiger partial charge in [-0.1, -0.05) is 47.5 Å². The zero-order valence-electron chi connectivity index (χ0n) is 11.1. The summed E-state index contributed by atoms with van der Waals surface area (Å²) in [6.07, 6.45) is 1.60. The zero-order valence-corrected chi connectivity index (χ0v) is 13.5. The second-order valence-corrected chi connectivity index (χ2v) is 6.36. The highest BCUT2D eigenvalue weighted by atomic mass is 35.5. The molecule has 0 bridgehead atoms. The summed E-state index contributed by atoms with van der Waals surface area (Å²) in [4.78, 5) is 26.0. The van der Waals surface area contributed by atoms with Gasteiger partial charge in [-0.15, -0.1) is 0 Å². The average molecular weight is 350 g/mol. The van der Waals surface area contributed by atoms with Crippen LogP contribution in [-0.4, -0.2) is 11.1 Å². The molecular weight excluding hydrogens is 341 g/mol. The molecule has 22 heavy (non-hydrogen) atoms. The molecule has 0 aliphatic carbocycles. The number of carbonyl (C=O) groups excluding carboxylic acids is 2. The van der Waals surface area contributed by atoms with Gasteiger partial charge < -0.3 is 0 Å². The minimum Gasteiger partial charge on any atom is -0.268 e. The van der Waals surface area contributed by atoms with Crippen LogP contribution in [0.5, 0.6) is 0 Å². The number of carbonyl (C=O) groups is 2. The van der Waals surface area contributed by atoms with Gasteiger partial charge in [-0.2, -0.15) is 0 Å². The molecule has 3 nitrogen and oxygen atoms in total. The van der Waals surface area contributed by atoms with Crippen molar-refractivity contribution in [3.63, 3.8) is 0 Å². The molecule has 0 unspecified atom stereocenters. The molecule has 0 atom stereocenters. The molecule has 2 amide bonds. The van der Waals surface area contributed by atoms with Crippen LogP contribution in [0.1, 0.15) is 5.56 Å². The monoisotopic (exact) mass is 349 g/mol. The van der Waals surface area contributed by atoms with Gasteiger partial charge >= 0.3 is 0 Å². The first-order valence-corrected chi connectivity index (χ1v) is 7.91. The fourth-order valence-corrected chi connectivity index (χ4v) is 3.32. The van der Waals surface area contributed by atoms with Crippen LogP contribution in [0.2, 0.25) is 10.0 Å². The van der Waals surface area contributed by atoms with Crippen LogP contribution < -0.4 is 4.90 Å². The summed E-state index contributed by atoms with van der Waals surface area (Å²) in [5.74, 6) is -0.354. The summed E-state index contributed by atoms with van der Waals surface area (Å²) in [5.41, 5.74) is 1.19. The molecule has 2 aromatic rings. The molecule has 1 aliphatic heterocycles. The first-order valence-electron chi connectivity index (χ1n) is 6.34. The molecular formula is C16H9Cl2NO2S. The Morgan fingerprint density at radius 3 is 2.41 bits per heavy atom. The number of anilines is 1. The lowest BCUT2D eigenvalue weighted by Gasteiger charge is -2.11. The predicted molar refractivity (Wildman–Crippen MR) is 91.4 cm³/mol. The first-order chi connectivity index (χ1) is 10.6. The van der Waals surface area contributed by atoms with Gasteiger partial charge in [0.2, 0.25) is 0 Å². The third-order valence-electron chi connectivity index (χ3n) is 3.06. The number of benzene rings is 2. The molecule has 3 rings (SSSR count). The Morgan fingerprint density at radius 1 is 1.00 bits per heavy atom. The van der Waals surface area contributed by atoms with Gasteiger partial charge in [-0.3, -0.25) is 9.59 Å². The summed E-state index contributed by atoms with van der Waals surface area (Å²) in [6, 6.07) is 13.8. The summed E-state index contributed by atoms with van der Waals surface area (Å²) >= 11 is 12.8. The highest BCUT2D eigenvalue weighted by Crippen LogP contribution is 2.36. The third-order valence-corrected chi connectivity index (χ3v) is 4.49. The number of rotatable bonds is 2. The summed E-state index contributed by atoms with van der Waals surface area (Å²) in [5, 5.41) is 0.617. The standard InChI is InChI=1S/C16H9Cl2NO2S/c17-11-7-6-10(13(18)9-11)8-14-15(20)19(16(21)22-14)12-4-2-1-3-5-12/h1-9H. The van der Waals surface area contributed by atoms with E-state index in [9.17, 15) is 9.59 Å². The van der Waals surface area contributed by atoms with Gasteiger partial charge in [0.15, 0.2) is 0 Å². The van der Waals surface area contributed by atoms with E-state index in [4.69, 9.17) is 23.2 Å². The Hall–Kier alpha value is -1.75. The lowest BCUT2D eigenvalue weighted by Crippen LogP contribution is -2.27. The van der Waals surface area contributed by atoms with Crippen molar-refractivity contribution in [3.05, 3.63) is 69.0 Å². The van der Waals surface area contributed by atoms with Crippen LogP contribution in [-0.2, 0) is 4.79 Å². The fraction of sp³-hybridized carbons (Fsp3) is 0. The van der Waals surface area contributed by atoms with Gasteiger partial charge in [0.05, 0.1) is 10.6 Å². The second kappa shape index (κ2) is 6.16. The van der Waals surface area contributed by atoms with E-state index in [2.05, 4.69) is 0 Å². The van der Waals surface area contributed by atoms with Crippen LogP contribution >= 0.6 is 35.0 Å². The Labute approximate surface area is 141 Å². The number of halogens is 2. The number of amides is 2. The maximum atomic E-state index is 12.4. The maximum Gasteiger partial charge on any atom is 0.298 e. The van der Waals surface area contributed by atoms with E-state index in [0.717, 1.165) is 16.7 Å². The minimum atomic E-state index is -0.354.